The Hall–Kier alpha value is -1.32. The second-order valence-corrected chi connectivity index (χ2v) is 7.01. The first-order chi connectivity index (χ1) is 10.8. The van der Waals surface area contributed by atoms with Crippen molar-refractivity contribution in [2.24, 2.45) is 11.8 Å². The van der Waals surface area contributed by atoms with E-state index in [2.05, 4.69) is 35.0 Å². The normalized spacial score (nSPS) is 33.1. The minimum atomic E-state index is 0.801. The van der Waals surface area contributed by atoms with Crippen LogP contribution in [0.4, 0.5) is 0 Å². The lowest BCUT2D eigenvalue weighted by Crippen LogP contribution is -2.33. The Labute approximate surface area is 133 Å². The average molecular weight is 298 g/mol. The van der Waals surface area contributed by atoms with Gasteiger partial charge in [-0.05, 0) is 61.4 Å². The first kappa shape index (κ1) is 14.3. The number of allylic oxidation sites excluding steroid dienone is 1. The Morgan fingerprint density at radius 3 is 2.64 bits per heavy atom. The topological polar surface area (TPSA) is 24.5 Å². The monoisotopic (exact) mass is 298 g/mol. The van der Waals surface area contributed by atoms with E-state index in [4.69, 9.17) is 4.74 Å². The summed E-state index contributed by atoms with van der Waals surface area (Å²) in [6, 6.07) is 8.27. The lowest BCUT2D eigenvalue weighted by atomic mass is 9.82. The van der Waals surface area contributed by atoms with Crippen molar-refractivity contribution in [3.8, 4) is 5.75 Å². The van der Waals surface area contributed by atoms with Crippen molar-refractivity contribution < 1.29 is 4.74 Å². The molecular weight excluding hydrogens is 272 g/mol. The molecule has 4 rings (SSSR count). The molecule has 3 aliphatic rings. The number of nitrogens with zero attached hydrogens (tertiary/aromatic N) is 1. The van der Waals surface area contributed by atoms with Crippen LogP contribution in [0.1, 0.15) is 24.0 Å². The molecular formula is C19H26N2O. The summed E-state index contributed by atoms with van der Waals surface area (Å²) in [5.74, 6) is 2.77. The maximum atomic E-state index is 5.47. The Balaban J connectivity index is 1.54. The fourth-order valence-electron chi connectivity index (χ4n) is 5.09. The molecule has 3 heterocycles. The Kier molecular flexibility index (Phi) is 3.71. The van der Waals surface area contributed by atoms with E-state index >= 15 is 0 Å². The smallest absolute Gasteiger partial charge is 0.122 e. The number of benzene rings is 1. The molecule has 0 aliphatic carbocycles. The Morgan fingerprint density at radius 2 is 2.00 bits per heavy atom. The molecule has 118 valence electrons. The molecule has 3 saturated heterocycles. The lowest BCUT2D eigenvalue weighted by molar-refractivity contribution is 0.218. The van der Waals surface area contributed by atoms with Crippen LogP contribution in [-0.4, -0.2) is 37.2 Å². The second-order valence-electron chi connectivity index (χ2n) is 7.01. The van der Waals surface area contributed by atoms with Crippen molar-refractivity contribution in [1.82, 2.24) is 10.2 Å². The predicted molar refractivity (Wildman–Crippen MR) is 89.1 cm³/mol. The van der Waals surface area contributed by atoms with Gasteiger partial charge in [-0.15, -0.1) is 6.58 Å². The summed E-state index contributed by atoms with van der Waals surface area (Å²) in [5, 5.41) is 3.60. The molecule has 22 heavy (non-hydrogen) atoms. The highest BCUT2D eigenvalue weighted by atomic mass is 16.5. The lowest BCUT2D eigenvalue weighted by Gasteiger charge is -2.25. The molecule has 3 nitrogen and oxygen atoms in total. The number of ether oxygens (including phenoxy) is 1. The molecule has 3 aliphatic heterocycles. The van der Waals surface area contributed by atoms with Crippen molar-refractivity contribution in [1.29, 1.82) is 0 Å². The highest BCUT2D eigenvalue weighted by molar-refractivity contribution is 5.38. The summed E-state index contributed by atoms with van der Waals surface area (Å²) in [7, 11) is 1.75. The van der Waals surface area contributed by atoms with Crippen LogP contribution in [0.5, 0.6) is 5.75 Å². The number of fused-ring (bicyclic) bond motifs is 5. The first-order valence-corrected chi connectivity index (χ1v) is 8.55. The van der Waals surface area contributed by atoms with Crippen molar-refractivity contribution in [2.75, 3.05) is 20.2 Å². The number of hydrogen-bond donors (Lipinski definition) is 1. The summed E-state index contributed by atoms with van der Waals surface area (Å²) in [5.41, 5.74) is 2.67. The van der Waals surface area contributed by atoms with Crippen molar-refractivity contribution in [3.63, 3.8) is 0 Å². The van der Waals surface area contributed by atoms with E-state index in [0.717, 1.165) is 42.6 Å². The standard InChI is InChI=1S/C19H26N2O/c1-3-4-14-9-13(5-8-19(14)22-2)12-21-17-6-7-18(21)16-11-20-10-15(16)17/h3,5,8-9,15-18,20H,1,4,6-7,10-12H2,2H3/t15-,16+,17-,18+. The molecule has 1 aromatic carbocycles. The zero-order valence-electron chi connectivity index (χ0n) is 13.4. The predicted octanol–water partition coefficient (Wildman–Crippen LogP) is 2.61. The fraction of sp³-hybridized carbons (Fsp3) is 0.579. The fourth-order valence-corrected chi connectivity index (χ4v) is 5.09. The minimum Gasteiger partial charge on any atom is -0.496 e. The van der Waals surface area contributed by atoms with E-state index in [1.54, 1.807) is 7.11 Å². The van der Waals surface area contributed by atoms with Gasteiger partial charge in [0.1, 0.15) is 5.75 Å². The molecule has 1 N–H and O–H groups in total. The molecule has 0 aromatic heterocycles. The molecule has 3 heteroatoms. The van der Waals surface area contributed by atoms with Crippen molar-refractivity contribution in [2.45, 2.75) is 37.9 Å². The van der Waals surface area contributed by atoms with Crippen LogP contribution in [0.2, 0.25) is 0 Å². The molecule has 2 bridgehead atoms. The van der Waals surface area contributed by atoms with Gasteiger partial charge < -0.3 is 10.1 Å². The maximum absolute atomic E-state index is 5.47. The molecule has 0 unspecified atom stereocenters. The van der Waals surface area contributed by atoms with Crippen LogP contribution in [0.25, 0.3) is 0 Å². The van der Waals surface area contributed by atoms with E-state index in [1.165, 1.54) is 37.1 Å². The molecule has 0 spiro atoms. The van der Waals surface area contributed by atoms with Crippen molar-refractivity contribution >= 4 is 0 Å². The van der Waals surface area contributed by atoms with Crippen LogP contribution in [0.15, 0.2) is 30.9 Å². The molecule has 0 amide bonds. The van der Waals surface area contributed by atoms with E-state index in [-0.39, 0.29) is 0 Å². The zero-order chi connectivity index (χ0) is 15.1. The molecule has 3 fully saturated rings. The van der Waals surface area contributed by atoms with Gasteiger partial charge in [-0.2, -0.15) is 0 Å². The molecule has 4 atom stereocenters. The van der Waals surface area contributed by atoms with Gasteiger partial charge in [-0.1, -0.05) is 18.2 Å². The zero-order valence-corrected chi connectivity index (χ0v) is 13.4. The number of methoxy groups -OCH3 is 1. The van der Waals surface area contributed by atoms with E-state index < -0.39 is 0 Å². The minimum absolute atomic E-state index is 0.801. The maximum Gasteiger partial charge on any atom is 0.122 e. The second kappa shape index (κ2) is 5.71. The summed E-state index contributed by atoms with van der Waals surface area (Å²) in [4.78, 5) is 2.79. The van der Waals surface area contributed by atoms with Gasteiger partial charge in [-0.25, -0.2) is 0 Å². The van der Waals surface area contributed by atoms with Gasteiger partial charge in [-0.3, -0.25) is 4.90 Å². The highest BCUT2D eigenvalue weighted by Gasteiger charge is 2.54. The molecule has 0 radical (unpaired) electrons. The third-order valence-corrected chi connectivity index (χ3v) is 5.98. The van der Waals surface area contributed by atoms with E-state index in [9.17, 15) is 0 Å². The van der Waals surface area contributed by atoms with Crippen LogP contribution in [-0.2, 0) is 13.0 Å². The van der Waals surface area contributed by atoms with Crippen LogP contribution in [0, 0.1) is 11.8 Å². The summed E-state index contributed by atoms with van der Waals surface area (Å²) < 4.78 is 5.47. The van der Waals surface area contributed by atoms with Gasteiger partial charge in [0.2, 0.25) is 0 Å². The van der Waals surface area contributed by atoms with Gasteiger partial charge in [0.25, 0.3) is 0 Å². The van der Waals surface area contributed by atoms with Gasteiger partial charge in [0.15, 0.2) is 0 Å². The van der Waals surface area contributed by atoms with E-state index in [0.29, 0.717) is 0 Å². The largest absolute Gasteiger partial charge is 0.496 e. The quantitative estimate of drug-likeness (QED) is 0.846. The molecule has 1 aromatic rings. The molecule has 0 saturated carbocycles. The highest BCUT2D eigenvalue weighted by Crippen LogP contribution is 2.47. The van der Waals surface area contributed by atoms with Crippen LogP contribution < -0.4 is 10.1 Å². The van der Waals surface area contributed by atoms with Crippen LogP contribution in [0.3, 0.4) is 0 Å². The number of nitrogens with one attached hydrogen (secondary N) is 1. The van der Waals surface area contributed by atoms with E-state index in [1.807, 2.05) is 6.08 Å². The number of hydrogen-bond acceptors (Lipinski definition) is 3. The summed E-state index contributed by atoms with van der Waals surface area (Å²) in [6.45, 7) is 7.42. The Bertz CT molecular complexity index is 553. The first-order valence-electron chi connectivity index (χ1n) is 8.55. The van der Waals surface area contributed by atoms with Crippen LogP contribution >= 0.6 is 0 Å². The summed E-state index contributed by atoms with van der Waals surface area (Å²) in [6.07, 6.45) is 5.61. The van der Waals surface area contributed by atoms with Gasteiger partial charge in [0, 0.05) is 18.6 Å². The summed E-state index contributed by atoms with van der Waals surface area (Å²) >= 11 is 0. The average Bonchev–Trinajstić information content (AvgIpc) is 3.20. The van der Waals surface area contributed by atoms with Gasteiger partial charge in [0.05, 0.1) is 7.11 Å². The third-order valence-electron chi connectivity index (χ3n) is 5.98. The van der Waals surface area contributed by atoms with Crippen molar-refractivity contribution in [3.05, 3.63) is 42.0 Å². The third kappa shape index (κ3) is 2.19. The van der Waals surface area contributed by atoms with Gasteiger partial charge >= 0.3 is 0 Å². The SMILES string of the molecule is C=CCc1cc(CN2[C@@H]3CC[C@H]2[C@H]2CNC[C@H]23)ccc1OC. The number of rotatable bonds is 5. The Morgan fingerprint density at radius 1 is 1.27 bits per heavy atom.